The molecule has 1 fully saturated rings. The van der Waals surface area contributed by atoms with Crippen LogP contribution in [0.25, 0.3) is 0 Å². The highest BCUT2D eigenvalue weighted by Crippen LogP contribution is 2.20. The van der Waals surface area contributed by atoms with E-state index in [-0.39, 0.29) is 16.9 Å². The molecule has 0 bridgehead atoms. The van der Waals surface area contributed by atoms with Crippen LogP contribution in [0.4, 0.5) is 17.6 Å². The second-order valence-electron chi connectivity index (χ2n) is 5.30. The summed E-state index contributed by atoms with van der Waals surface area (Å²) in [5.74, 6) is -2.06. The monoisotopic (exact) mass is 394 g/mol. The number of nitrogens with two attached hydrogens (primary N) is 2. The SMILES string of the molecule is CN[C@@H]1CCN(c2cc(N)nc(N)n2)C1.O.O.O=C(O)C(O)C(O)C(=O)O. The van der Waals surface area contributed by atoms with Crippen LogP contribution in [0.3, 0.4) is 0 Å². The Morgan fingerprint density at radius 2 is 1.70 bits per heavy atom. The van der Waals surface area contributed by atoms with E-state index >= 15 is 0 Å². The van der Waals surface area contributed by atoms with Crippen LogP contribution in [0.5, 0.6) is 0 Å². The molecule has 1 saturated heterocycles. The van der Waals surface area contributed by atoms with Gasteiger partial charge in [-0.1, -0.05) is 0 Å². The van der Waals surface area contributed by atoms with Gasteiger partial charge in [-0.2, -0.15) is 9.97 Å². The van der Waals surface area contributed by atoms with Crippen LogP contribution in [0, 0.1) is 0 Å². The first kappa shape index (κ1) is 26.4. The van der Waals surface area contributed by atoms with E-state index < -0.39 is 24.1 Å². The Bertz CT molecular complexity index is 580. The van der Waals surface area contributed by atoms with Crippen molar-refractivity contribution in [2.45, 2.75) is 24.7 Å². The van der Waals surface area contributed by atoms with Crippen LogP contribution in [-0.4, -0.2) is 91.7 Å². The number of carbonyl (C=O) groups is 2. The summed E-state index contributed by atoms with van der Waals surface area (Å²) in [6.45, 7) is 1.91. The summed E-state index contributed by atoms with van der Waals surface area (Å²) in [5, 5.41) is 35.8. The number of likely N-dealkylation sites (N-methyl/N-ethyl adjacent to an activating group) is 1. The Morgan fingerprint density at radius 3 is 2.07 bits per heavy atom. The zero-order valence-electron chi connectivity index (χ0n) is 14.5. The number of hydrogen-bond acceptors (Lipinski definition) is 10. The molecule has 2 rings (SSSR count). The van der Waals surface area contributed by atoms with E-state index in [1.54, 1.807) is 6.07 Å². The highest BCUT2D eigenvalue weighted by atomic mass is 16.4. The third-order valence-corrected chi connectivity index (χ3v) is 3.48. The second-order valence-corrected chi connectivity index (χ2v) is 5.30. The van der Waals surface area contributed by atoms with E-state index in [1.165, 1.54) is 0 Å². The second kappa shape index (κ2) is 11.8. The number of rotatable bonds is 5. The molecular formula is C13H26N6O8. The van der Waals surface area contributed by atoms with Gasteiger partial charge in [-0.25, -0.2) is 9.59 Å². The third kappa shape index (κ3) is 7.97. The van der Waals surface area contributed by atoms with Crippen LogP contribution < -0.4 is 21.7 Å². The van der Waals surface area contributed by atoms with Gasteiger partial charge in [-0.15, -0.1) is 0 Å². The van der Waals surface area contributed by atoms with Crippen molar-refractivity contribution in [2.24, 2.45) is 0 Å². The molecule has 1 aliphatic rings. The molecule has 27 heavy (non-hydrogen) atoms. The maximum atomic E-state index is 9.77. The summed E-state index contributed by atoms with van der Waals surface area (Å²) in [5.41, 5.74) is 11.2. The molecule has 0 aliphatic carbocycles. The van der Waals surface area contributed by atoms with Gasteiger partial charge in [-0.3, -0.25) is 0 Å². The van der Waals surface area contributed by atoms with Crippen molar-refractivity contribution in [3.05, 3.63) is 6.07 Å². The van der Waals surface area contributed by atoms with Crippen LogP contribution in [-0.2, 0) is 9.59 Å². The molecule has 13 N–H and O–H groups in total. The van der Waals surface area contributed by atoms with Crippen LogP contribution in [0.2, 0.25) is 0 Å². The Balaban J connectivity index is 0. The standard InChI is InChI=1S/C9H16N6.C4H6O6.2H2O/c1-12-6-2-3-15(5-6)8-4-7(10)13-9(11)14-8;5-1(3(7)8)2(6)4(9)10;;/h4,6,12H,2-3,5H2,1H3,(H4,10,11,13,14);1-2,5-6H,(H,7,8)(H,9,10);2*1H2/t6-;;;/m1.../s1. The quantitative estimate of drug-likeness (QED) is 0.249. The number of nitrogens with one attached hydrogen (secondary N) is 1. The largest absolute Gasteiger partial charge is 0.479 e. The van der Waals surface area contributed by atoms with E-state index in [2.05, 4.69) is 20.2 Å². The van der Waals surface area contributed by atoms with E-state index in [1.807, 2.05) is 7.05 Å². The lowest BCUT2D eigenvalue weighted by molar-refractivity contribution is -0.165. The molecule has 1 aromatic heterocycles. The highest BCUT2D eigenvalue weighted by molar-refractivity contribution is 5.83. The summed E-state index contributed by atoms with van der Waals surface area (Å²) >= 11 is 0. The fraction of sp³-hybridized carbons (Fsp3) is 0.538. The Hall–Kier alpha value is -2.78. The van der Waals surface area contributed by atoms with Crippen molar-refractivity contribution in [1.82, 2.24) is 15.3 Å². The summed E-state index contributed by atoms with van der Waals surface area (Å²) in [6.07, 6.45) is -3.42. The number of hydrogen-bond donors (Lipinski definition) is 7. The number of anilines is 3. The van der Waals surface area contributed by atoms with Crippen molar-refractivity contribution < 1.29 is 41.0 Å². The van der Waals surface area contributed by atoms with Crippen molar-refractivity contribution in [2.75, 3.05) is 36.5 Å². The molecular weight excluding hydrogens is 368 g/mol. The zero-order chi connectivity index (χ0) is 19.1. The van der Waals surface area contributed by atoms with Gasteiger partial charge in [0, 0.05) is 25.2 Å². The van der Waals surface area contributed by atoms with Crippen LogP contribution in [0.1, 0.15) is 6.42 Å². The maximum absolute atomic E-state index is 9.77. The van der Waals surface area contributed by atoms with Crippen molar-refractivity contribution in [3.63, 3.8) is 0 Å². The molecule has 2 heterocycles. The predicted octanol–water partition coefficient (Wildman–Crippen LogP) is -4.33. The van der Waals surface area contributed by atoms with E-state index in [0.29, 0.717) is 11.9 Å². The molecule has 0 amide bonds. The van der Waals surface area contributed by atoms with Crippen LogP contribution in [0.15, 0.2) is 6.07 Å². The Kier molecular flexibility index (Phi) is 11.5. The van der Waals surface area contributed by atoms with Gasteiger partial charge < -0.3 is 53.1 Å². The van der Waals surface area contributed by atoms with E-state index in [9.17, 15) is 9.59 Å². The van der Waals surface area contributed by atoms with E-state index in [4.69, 9.17) is 31.9 Å². The average Bonchev–Trinajstić information content (AvgIpc) is 3.02. The van der Waals surface area contributed by atoms with Gasteiger partial charge in [-0.05, 0) is 13.5 Å². The number of aromatic nitrogens is 2. The van der Waals surface area contributed by atoms with Gasteiger partial charge >= 0.3 is 11.9 Å². The molecule has 156 valence electrons. The third-order valence-electron chi connectivity index (χ3n) is 3.48. The molecule has 14 nitrogen and oxygen atoms in total. The van der Waals surface area contributed by atoms with Crippen molar-refractivity contribution >= 4 is 29.5 Å². The Morgan fingerprint density at radius 1 is 1.19 bits per heavy atom. The molecule has 14 heteroatoms. The van der Waals surface area contributed by atoms with Gasteiger partial charge in [0.15, 0.2) is 12.2 Å². The van der Waals surface area contributed by atoms with Gasteiger partial charge in [0.25, 0.3) is 0 Å². The van der Waals surface area contributed by atoms with Gasteiger partial charge in [0.05, 0.1) is 0 Å². The molecule has 0 aromatic carbocycles. The van der Waals surface area contributed by atoms with Gasteiger partial charge in [0.1, 0.15) is 11.6 Å². The number of nitrogens with zero attached hydrogens (tertiary/aromatic N) is 3. The fourth-order valence-electron chi connectivity index (χ4n) is 2.11. The summed E-state index contributed by atoms with van der Waals surface area (Å²) in [7, 11) is 1.97. The number of nitrogen functional groups attached to an aromatic ring is 2. The number of aliphatic hydroxyl groups is 2. The minimum Gasteiger partial charge on any atom is -0.479 e. The van der Waals surface area contributed by atoms with Crippen molar-refractivity contribution in [1.29, 1.82) is 0 Å². The molecule has 2 unspecified atom stereocenters. The predicted molar refractivity (Wildman–Crippen MR) is 95.0 cm³/mol. The first-order valence-electron chi connectivity index (χ1n) is 7.29. The molecule has 0 radical (unpaired) electrons. The number of aliphatic carboxylic acids is 2. The minimum atomic E-state index is -2.27. The lowest BCUT2D eigenvalue weighted by Crippen LogP contribution is -2.39. The zero-order valence-corrected chi connectivity index (χ0v) is 14.5. The smallest absolute Gasteiger partial charge is 0.335 e. The maximum Gasteiger partial charge on any atom is 0.335 e. The summed E-state index contributed by atoms with van der Waals surface area (Å²) < 4.78 is 0. The molecule has 1 aliphatic heterocycles. The number of carboxylic acid groups (broad SMARTS) is 2. The number of carboxylic acids is 2. The highest BCUT2D eigenvalue weighted by Gasteiger charge is 2.29. The van der Waals surface area contributed by atoms with Gasteiger partial charge in [0.2, 0.25) is 5.95 Å². The summed E-state index contributed by atoms with van der Waals surface area (Å²) in [6, 6.07) is 2.27. The molecule has 1 aromatic rings. The fourth-order valence-corrected chi connectivity index (χ4v) is 2.11. The minimum absolute atomic E-state index is 0. The van der Waals surface area contributed by atoms with E-state index in [0.717, 1.165) is 25.3 Å². The molecule has 0 spiro atoms. The number of aliphatic hydroxyl groups excluding tert-OH is 2. The molecule has 3 atom stereocenters. The average molecular weight is 394 g/mol. The first-order chi connectivity index (χ1) is 11.6. The van der Waals surface area contributed by atoms with Crippen molar-refractivity contribution in [3.8, 4) is 0 Å². The lowest BCUT2D eigenvalue weighted by atomic mass is 10.2. The first-order valence-corrected chi connectivity index (χ1v) is 7.29. The topological polar surface area (TPSA) is 271 Å². The normalized spacial score (nSPS) is 17.4. The van der Waals surface area contributed by atoms with Crippen LogP contribution >= 0.6 is 0 Å². The lowest BCUT2D eigenvalue weighted by Gasteiger charge is -2.17. The Labute approximate surface area is 154 Å². The summed E-state index contributed by atoms with van der Waals surface area (Å²) in [4.78, 5) is 29.7. The molecule has 0 saturated carbocycles.